The first-order valence-corrected chi connectivity index (χ1v) is 3.16. The zero-order valence-corrected chi connectivity index (χ0v) is 6.04. The van der Waals surface area contributed by atoms with Crippen molar-refractivity contribution in [3.63, 3.8) is 0 Å². The van der Waals surface area contributed by atoms with Crippen molar-refractivity contribution in [2.24, 2.45) is 4.99 Å². The predicted molar refractivity (Wildman–Crippen MR) is 42.7 cm³/mol. The number of rotatable bonds is 1. The molecule has 0 aromatic heterocycles. The largest absolute Gasteiger partial charge is 0.223 e. The van der Waals surface area contributed by atoms with Crippen LogP contribution in [0.3, 0.4) is 0 Å². The number of benzene rings is 1. The van der Waals surface area contributed by atoms with Crippen LogP contribution in [-0.4, -0.2) is 11.8 Å². The van der Waals surface area contributed by atoms with Gasteiger partial charge in [-0.3, -0.25) is 0 Å². The van der Waals surface area contributed by atoms with Crippen LogP contribution in [0, 0.1) is 5.82 Å². The average Bonchev–Trinajstić information content (AvgIpc) is 2.05. The Morgan fingerprint density at radius 1 is 1.42 bits per heavy atom. The number of aliphatic imine (C=N–C) groups is 1. The normalized spacial score (nSPS) is 7.75. The zero-order chi connectivity index (χ0) is 8.81. The molecular formula is C9H4FNO. The van der Waals surface area contributed by atoms with Gasteiger partial charge < -0.3 is 0 Å². The first-order chi connectivity index (χ1) is 5.83. The smallest absolute Gasteiger partial charge is 0.187 e. The van der Waals surface area contributed by atoms with Crippen molar-refractivity contribution < 1.29 is 9.18 Å². The summed E-state index contributed by atoms with van der Waals surface area (Å²) in [4.78, 5) is 13.2. The maximum absolute atomic E-state index is 12.5. The Labute approximate surface area is 68.4 Å². The number of carbonyl (C=O) groups excluding carboxylic acids is 1. The zero-order valence-electron chi connectivity index (χ0n) is 6.04. The summed E-state index contributed by atoms with van der Waals surface area (Å²) in [5, 5.41) is 0. The van der Waals surface area contributed by atoms with Crippen molar-refractivity contribution in [1.82, 2.24) is 0 Å². The predicted octanol–water partition coefficient (Wildman–Crippen LogP) is 1.67. The molecule has 1 rings (SSSR count). The maximum Gasteiger partial charge on any atom is 0.187 e. The van der Waals surface area contributed by atoms with E-state index in [4.69, 9.17) is 0 Å². The van der Waals surface area contributed by atoms with E-state index in [1.54, 1.807) is 6.07 Å². The molecule has 0 bridgehead atoms. The van der Waals surface area contributed by atoms with Gasteiger partial charge in [0.25, 0.3) is 0 Å². The highest BCUT2D eigenvalue weighted by atomic mass is 19.1. The van der Waals surface area contributed by atoms with Gasteiger partial charge in [0.15, 0.2) is 5.94 Å². The van der Waals surface area contributed by atoms with E-state index in [-0.39, 0.29) is 5.82 Å². The fourth-order valence-corrected chi connectivity index (χ4v) is 0.661. The lowest BCUT2D eigenvalue weighted by Crippen LogP contribution is -1.69. The summed E-state index contributed by atoms with van der Waals surface area (Å²) in [6, 6.07) is 5.63. The monoisotopic (exact) mass is 161 g/mol. The molecule has 0 unspecified atom stereocenters. The van der Waals surface area contributed by atoms with Crippen LogP contribution in [0.15, 0.2) is 35.0 Å². The first kappa shape index (κ1) is 8.19. The van der Waals surface area contributed by atoms with Crippen LogP contribution in [0.2, 0.25) is 0 Å². The average molecular weight is 161 g/mol. The highest BCUT2D eigenvalue weighted by Crippen LogP contribution is 2.11. The van der Waals surface area contributed by atoms with Crippen molar-refractivity contribution in [2.75, 3.05) is 0 Å². The highest BCUT2D eigenvalue weighted by molar-refractivity contribution is 5.66. The molecule has 0 aliphatic carbocycles. The lowest BCUT2D eigenvalue weighted by Gasteiger charge is -1.88. The van der Waals surface area contributed by atoms with Gasteiger partial charge in [-0.25, -0.2) is 9.18 Å². The van der Waals surface area contributed by atoms with Crippen molar-refractivity contribution >= 4 is 17.5 Å². The summed E-state index contributed by atoms with van der Waals surface area (Å²) in [7, 11) is 0. The van der Waals surface area contributed by atoms with E-state index in [0.29, 0.717) is 5.69 Å². The van der Waals surface area contributed by atoms with Gasteiger partial charge in [-0.2, -0.15) is 4.99 Å². The molecule has 0 saturated carbocycles. The molecule has 0 heterocycles. The highest BCUT2D eigenvalue weighted by Gasteiger charge is 1.89. The second-order valence-electron chi connectivity index (χ2n) is 1.93. The third-order valence-electron chi connectivity index (χ3n) is 1.10. The van der Waals surface area contributed by atoms with E-state index >= 15 is 0 Å². The van der Waals surface area contributed by atoms with Crippen LogP contribution in [0.25, 0.3) is 0 Å². The van der Waals surface area contributed by atoms with E-state index < -0.39 is 0 Å². The fraction of sp³-hybridized carbons (Fsp3) is 0. The number of hydrogen-bond acceptors (Lipinski definition) is 2. The molecule has 0 aliphatic rings. The second kappa shape index (κ2) is 4.07. The molecule has 2 nitrogen and oxygen atoms in total. The van der Waals surface area contributed by atoms with Crippen LogP contribution in [0.1, 0.15) is 0 Å². The number of halogens is 1. The molecule has 0 atom stereocenters. The molecule has 0 N–H and O–H groups in total. The van der Waals surface area contributed by atoms with Crippen molar-refractivity contribution in [3.8, 4) is 0 Å². The minimum Gasteiger partial charge on any atom is -0.223 e. The Morgan fingerprint density at radius 3 is 2.92 bits per heavy atom. The Bertz CT molecular complexity index is 395. The molecule has 58 valence electrons. The molecule has 0 amide bonds. The Hall–Kier alpha value is -1.91. The van der Waals surface area contributed by atoms with Crippen LogP contribution in [0.5, 0.6) is 0 Å². The minimum absolute atomic E-state index is 0.381. The Kier molecular flexibility index (Phi) is 2.78. The molecule has 1 aromatic carbocycles. The number of nitrogens with zero attached hydrogens (tertiary/aromatic N) is 1. The van der Waals surface area contributed by atoms with Gasteiger partial charge in [0.1, 0.15) is 5.82 Å². The van der Waals surface area contributed by atoms with Gasteiger partial charge in [0.05, 0.1) is 11.6 Å². The van der Waals surface area contributed by atoms with Gasteiger partial charge >= 0.3 is 0 Å². The van der Waals surface area contributed by atoms with E-state index in [0.717, 1.165) is 0 Å². The summed E-state index contributed by atoms with van der Waals surface area (Å²) in [5.74, 6) is 3.14. The van der Waals surface area contributed by atoms with Gasteiger partial charge in [-0.15, -0.1) is 0 Å². The summed E-state index contributed by atoms with van der Waals surface area (Å²) < 4.78 is 12.5. The van der Waals surface area contributed by atoms with E-state index in [1.165, 1.54) is 24.1 Å². The molecule has 0 aliphatic heterocycles. The third-order valence-corrected chi connectivity index (χ3v) is 1.10. The summed E-state index contributed by atoms with van der Waals surface area (Å²) in [6.07, 6.45) is 0. The SMILES string of the molecule is O=C=C=C=Nc1cccc(F)c1. The molecule has 0 saturated heterocycles. The Balaban J connectivity index is 3.05. The molecule has 0 radical (unpaired) electrons. The summed E-state index contributed by atoms with van der Waals surface area (Å²) in [5.41, 5.74) is 2.36. The van der Waals surface area contributed by atoms with Crippen molar-refractivity contribution in [1.29, 1.82) is 0 Å². The minimum atomic E-state index is -0.381. The van der Waals surface area contributed by atoms with Gasteiger partial charge in [0.2, 0.25) is 0 Å². The van der Waals surface area contributed by atoms with E-state index in [2.05, 4.69) is 10.9 Å². The maximum atomic E-state index is 12.5. The van der Waals surface area contributed by atoms with Crippen LogP contribution in [-0.2, 0) is 4.79 Å². The third kappa shape index (κ3) is 2.37. The molecular weight excluding hydrogens is 157 g/mol. The lowest BCUT2D eigenvalue weighted by atomic mass is 10.3. The van der Waals surface area contributed by atoms with Gasteiger partial charge in [-0.1, -0.05) is 6.07 Å². The molecule has 3 heteroatoms. The standard InChI is InChI=1S/C9H4FNO/c10-8-3-1-4-9(7-8)11-5-2-6-12/h1,3-4,7H. The van der Waals surface area contributed by atoms with E-state index in [1.807, 2.05) is 5.73 Å². The number of hydrogen-bond donors (Lipinski definition) is 0. The molecule has 12 heavy (non-hydrogen) atoms. The molecule has 0 fully saturated rings. The lowest BCUT2D eigenvalue weighted by molar-refractivity contribution is 0.569. The summed E-state index contributed by atoms with van der Waals surface area (Å²) in [6.45, 7) is 0. The van der Waals surface area contributed by atoms with Gasteiger partial charge in [0, 0.05) is 11.8 Å². The first-order valence-electron chi connectivity index (χ1n) is 3.16. The van der Waals surface area contributed by atoms with Crippen LogP contribution >= 0.6 is 0 Å². The molecule has 1 aromatic rings. The molecule has 0 spiro atoms. The van der Waals surface area contributed by atoms with Crippen LogP contribution in [0.4, 0.5) is 10.1 Å². The fourth-order valence-electron chi connectivity index (χ4n) is 0.661. The Morgan fingerprint density at radius 2 is 2.25 bits per heavy atom. The quantitative estimate of drug-likeness (QED) is 0.350. The van der Waals surface area contributed by atoms with E-state index in [9.17, 15) is 9.18 Å². The van der Waals surface area contributed by atoms with Crippen molar-refractivity contribution in [3.05, 3.63) is 35.8 Å². The second-order valence-corrected chi connectivity index (χ2v) is 1.93. The summed E-state index contributed by atoms with van der Waals surface area (Å²) >= 11 is 0. The van der Waals surface area contributed by atoms with Gasteiger partial charge in [-0.05, 0) is 12.1 Å². The van der Waals surface area contributed by atoms with Crippen LogP contribution < -0.4 is 0 Å². The topological polar surface area (TPSA) is 29.4 Å². The van der Waals surface area contributed by atoms with Crippen molar-refractivity contribution in [2.45, 2.75) is 0 Å².